The minimum absolute atomic E-state index is 0.0219. The van der Waals surface area contributed by atoms with E-state index in [0.29, 0.717) is 19.2 Å². The summed E-state index contributed by atoms with van der Waals surface area (Å²) < 4.78 is 64.6. The Hall–Kier alpha value is -1.65. The van der Waals surface area contributed by atoms with Crippen molar-refractivity contribution in [3.8, 4) is 0 Å². The molecule has 1 fully saturated rings. The van der Waals surface area contributed by atoms with E-state index in [1.165, 1.54) is 0 Å². The van der Waals surface area contributed by atoms with Gasteiger partial charge >= 0.3 is 6.18 Å². The van der Waals surface area contributed by atoms with E-state index in [0.717, 1.165) is 24.7 Å². The van der Waals surface area contributed by atoms with Gasteiger partial charge in [-0.3, -0.25) is 4.79 Å². The third-order valence-corrected chi connectivity index (χ3v) is 5.51. The molecule has 2 rings (SSSR count). The molecule has 26 heavy (non-hydrogen) atoms. The zero-order valence-electron chi connectivity index (χ0n) is 14.3. The molecular formula is C16H22F3N3O3S. The van der Waals surface area contributed by atoms with E-state index in [9.17, 15) is 26.4 Å². The van der Waals surface area contributed by atoms with Crippen LogP contribution in [-0.2, 0) is 21.0 Å². The average Bonchev–Trinajstić information content (AvgIpc) is 2.58. The highest BCUT2D eigenvalue weighted by Gasteiger charge is 2.31. The average molecular weight is 393 g/mol. The van der Waals surface area contributed by atoms with Gasteiger partial charge in [0, 0.05) is 38.6 Å². The molecule has 0 saturated carbocycles. The van der Waals surface area contributed by atoms with Crippen LogP contribution in [0, 0.1) is 0 Å². The van der Waals surface area contributed by atoms with Crippen LogP contribution in [0.3, 0.4) is 0 Å². The second kappa shape index (κ2) is 8.36. The van der Waals surface area contributed by atoms with Crippen molar-refractivity contribution < 1.29 is 26.4 Å². The van der Waals surface area contributed by atoms with Gasteiger partial charge in [0.15, 0.2) is 0 Å². The molecule has 0 aliphatic carbocycles. The summed E-state index contributed by atoms with van der Waals surface area (Å²) in [6.45, 7) is 3.89. The van der Waals surface area contributed by atoms with Crippen molar-refractivity contribution >= 4 is 15.9 Å². The smallest absolute Gasteiger partial charge is 0.340 e. The number of carbonyl (C=O) groups is 1. The number of piperazine rings is 1. The lowest BCUT2D eigenvalue weighted by molar-refractivity contribution is -0.137. The molecule has 0 radical (unpaired) electrons. The Morgan fingerprint density at radius 3 is 2.77 bits per heavy atom. The van der Waals surface area contributed by atoms with Crippen LogP contribution in [0.2, 0.25) is 0 Å². The standard InChI is InChI=1S/C16H22F3N3O3S/c1-12-11-22(9-8-20-12)15(23)6-3-7-21-26(24,25)14-5-2-4-13(10-14)16(17,18)19/h2,4-5,10,12,20-21H,3,6-9,11H2,1H3. The summed E-state index contributed by atoms with van der Waals surface area (Å²) in [4.78, 5) is 13.4. The number of hydrogen-bond donors (Lipinski definition) is 2. The predicted octanol–water partition coefficient (Wildman–Crippen LogP) is 1.58. The van der Waals surface area contributed by atoms with Crippen LogP contribution < -0.4 is 10.0 Å². The normalized spacial score (nSPS) is 18.8. The van der Waals surface area contributed by atoms with Crippen molar-refractivity contribution in [2.45, 2.75) is 36.9 Å². The first-order chi connectivity index (χ1) is 12.1. The summed E-state index contributed by atoms with van der Waals surface area (Å²) in [5.41, 5.74) is -1.02. The van der Waals surface area contributed by atoms with E-state index in [1.807, 2.05) is 6.92 Å². The molecule has 6 nitrogen and oxygen atoms in total. The molecule has 1 aromatic rings. The third-order valence-electron chi connectivity index (χ3n) is 4.05. The molecule has 0 aromatic heterocycles. The van der Waals surface area contributed by atoms with Crippen LogP contribution in [0.5, 0.6) is 0 Å². The second-order valence-electron chi connectivity index (χ2n) is 6.22. The maximum absolute atomic E-state index is 12.7. The molecule has 1 aromatic carbocycles. The van der Waals surface area contributed by atoms with Crippen LogP contribution in [-0.4, -0.2) is 51.4 Å². The van der Waals surface area contributed by atoms with E-state index >= 15 is 0 Å². The van der Waals surface area contributed by atoms with Gasteiger partial charge in [0.1, 0.15) is 0 Å². The molecule has 1 unspecified atom stereocenters. The number of amides is 1. The molecule has 2 N–H and O–H groups in total. The van der Waals surface area contributed by atoms with Crippen LogP contribution in [0.25, 0.3) is 0 Å². The Morgan fingerprint density at radius 1 is 1.38 bits per heavy atom. The van der Waals surface area contributed by atoms with E-state index in [4.69, 9.17) is 0 Å². The van der Waals surface area contributed by atoms with Crippen molar-refractivity contribution in [2.24, 2.45) is 0 Å². The van der Waals surface area contributed by atoms with Crippen LogP contribution in [0.15, 0.2) is 29.2 Å². The zero-order chi connectivity index (χ0) is 19.4. The SMILES string of the molecule is CC1CN(C(=O)CCCNS(=O)(=O)c2cccc(C(F)(F)F)c2)CCN1. The fourth-order valence-electron chi connectivity index (χ4n) is 2.69. The third kappa shape index (κ3) is 5.68. The highest BCUT2D eigenvalue weighted by Crippen LogP contribution is 2.30. The first-order valence-electron chi connectivity index (χ1n) is 8.28. The highest BCUT2D eigenvalue weighted by molar-refractivity contribution is 7.89. The number of carbonyl (C=O) groups excluding carboxylic acids is 1. The van der Waals surface area contributed by atoms with Gasteiger partial charge < -0.3 is 10.2 Å². The van der Waals surface area contributed by atoms with Crippen molar-refractivity contribution in [3.05, 3.63) is 29.8 Å². The number of nitrogens with one attached hydrogen (secondary N) is 2. The molecule has 0 bridgehead atoms. The summed E-state index contributed by atoms with van der Waals surface area (Å²) in [6, 6.07) is 3.77. The Kier molecular flexibility index (Phi) is 6.64. The summed E-state index contributed by atoms with van der Waals surface area (Å²) in [5.74, 6) is -0.0587. The fourth-order valence-corrected chi connectivity index (χ4v) is 3.81. The molecule has 0 spiro atoms. The van der Waals surface area contributed by atoms with Gasteiger partial charge in [-0.2, -0.15) is 13.2 Å². The molecule has 10 heteroatoms. The van der Waals surface area contributed by atoms with Crippen molar-refractivity contribution in [1.29, 1.82) is 0 Å². The molecule has 1 saturated heterocycles. The first kappa shape index (κ1) is 20.7. The maximum Gasteiger partial charge on any atom is 0.416 e. The fraction of sp³-hybridized carbons (Fsp3) is 0.562. The predicted molar refractivity (Wildman–Crippen MR) is 89.9 cm³/mol. The molecule has 1 atom stereocenters. The molecule has 146 valence electrons. The van der Waals surface area contributed by atoms with Crippen molar-refractivity contribution in [3.63, 3.8) is 0 Å². The summed E-state index contributed by atoms with van der Waals surface area (Å²) in [7, 11) is -4.06. The number of alkyl halides is 3. The summed E-state index contributed by atoms with van der Waals surface area (Å²) >= 11 is 0. The van der Waals surface area contributed by atoms with Crippen LogP contribution >= 0.6 is 0 Å². The van der Waals surface area contributed by atoms with Crippen LogP contribution in [0.4, 0.5) is 13.2 Å². The minimum Gasteiger partial charge on any atom is -0.340 e. The largest absolute Gasteiger partial charge is 0.416 e. The molecule has 1 amide bonds. The lowest BCUT2D eigenvalue weighted by Gasteiger charge is -2.32. The Bertz CT molecular complexity index is 738. The maximum atomic E-state index is 12.7. The van der Waals surface area contributed by atoms with Gasteiger partial charge in [0.2, 0.25) is 15.9 Å². The first-order valence-corrected chi connectivity index (χ1v) is 9.76. The van der Waals surface area contributed by atoms with Gasteiger partial charge in [-0.05, 0) is 31.5 Å². The summed E-state index contributed by atoms with van der Waals surface area (Å²) in [6.07, 6.45) is -4.16. The van der Waals surface area contributed by atoms with Crippen molar-refractivity contribution in [1.82, 2.24) is 14.9 Å². The number of sulfonamides is 1. The lowest BCUT2D eigenvalue weighted by atomic mass is 10.2. The van der Waals surface area contributed by atoms with Gasteiger partial charge in [-0.25, -0.2) is 13.1 Å². The topological polar surface area (TPSA) is 78.5 Å². The summed E-state index contributed by atoms with van der Waals surface area (Å²) in [5, 5.41) is 3.22. The number of hydrogen-bond acceptors (Lipinski definition) is 4. The number of nitrogens with zero attached hydrogens (tertiary/aromatic N) is 1. The monoisotopic (exact) mass is 393 g/mol. The van der Waals surface area contributed by atoms with E-state index in [-0.39, 0.29) is 31.3 Å². The van der Waals surface area contributed by atoms with E-state index < -0.39 is 26.7 Å². The Labute approximate surface area is 150 Å². The van der Waals surface area contributed by atoms with Gasteiger partial charge in [-0.15, -0.1) is 0 Å². The quantitative estimate of drug-likeness (QED) is 0.720. The Morgan fingerprint density at radius 2 is 2.12 bits per heavy atom. The molecular weight excluding hydrogens is 371 g/mol. The van der Waals surface area contributed by atoms with E-state index in [2.05, 4.69) is 10.0 Å². The minimum atomic E-state index is -4.61. The van der Waals surface area contributed by atoms with Gasteiger partial charge in [-0.1, -0.05) is 6.07 Å². The lowest BCUT2D eigenvalue weighted by Crippen LogP contribution is -2.51. The molecule has 1 aliphatic heterocycles. The number of halogens is 3. The highest BCUT2D eigenvalue weighted by atomic mass is 32.2. The molecule has 1 aliphatic rings. The second-order valence-corrected chi connectivity index (χ2v) is 7.99. The molecule has 1 heterocycles. The van der Waals surface area contributed by atoms with Crippen LogP contribution in [0.1, 0.15) is 25.3 Å². The van der Waals surface area contributed by atoms with E-state index in [1.54, 1.807) is 4.90 Å². The van der Waals surface area contributed by atoms with Gasteiger partial charge in [0.25, 0.3) is 0 Å². The van der Waals surface area contributed by atoms with Gasteiger partial charge in [0.05, 0.1) is 10.5 Å². The number of rotatable bonds is 6. The Balaban J connectivity index is 1.86. The zero-order valence-corrected chi connectivity index (χ0v) is 15.2. The van der Waals surface area contributed by atoms with Crippen molar-refractivity contribution in [2.75, 3.05) is 26.2 Å². The number of benzene rings is 1.